The number of carbonyl (C=O) groups is 1. The highest BCUT2D eigenvalue weighted by Gasteiger charge is 2.19. The van der Waals surface area contributed by atoms with Gasteiger partial charge in [-0.2, -0.15) is 5.10 Å². The third-order valence-electron chi connectivity index (χ3n) is 4.42. The van der Waals surface area contributed by atoms with Crippen LogP contribution in [0.25, 0.3) is 10.2 Å². The molecule has 3 aromatic rings. The van der Waals surface area contributed by atoms with E-state index in [9.17, 15) is 4.79 Å². The molecule has 2 aromatic heterocycles. The van der Waals surface area contributed by atoms with E-state index in [1.54, 1.807) is 27.5 Å². The third-order valence-corrected chi connectivity index (χ3v) is 6.12. The molecule has 0 unspecified atom stereocenters. The summed E-state index contributed by atoms with van der Waals surface area (Å²) in [6.07, 6.45) is 0.109. The Kier molecular flexibility index (Phi) is 6.03. The monoisotopic (exact) mass is 405 g/mol. The van der Waals surface area contributed by atoms with Crippen molar-refractivity contribution >= 4 is 39.7 Å². The first-order chi connectivity index (χ1) is 12.9. The average Bonchev–Trinajstić information content (AvgIpc) is 3.18. The SMILES string of the molecule is CCOC(=O)Cc1nn(CN(C)[C@H](C)c2nc3ccccc3s2)c(=S)n1C. The van der Waals surface area contributed by atoms with Crippen LogP contribution in [0, 0.1) is 4.77 Å². The van der Waals surface area contributed by atoms with E-state index < -0.39 is 0 Å². The Labute approximate surface area is 167 Å². The van der Waals surface area contributed by atoms with E-state index in [1.807, 2.05) is 32.3 Å². The quantitative estimate of drug-likeness (QED) is 0.444. The Hall–Kier alpha value is -2.10. The average molecular weight is 406 g/mol. The van der Waals surface area contributed by atoms with Crippen LogP contribution in [-0.4, -0.2) is 43.9 Å². The first-order valence-electron chi connectivity index (χ1n) is 8.74. The molecule has 9 heteroatoms. The lowest BCUT2D eigenvalue weighted by atomic mass is 10.3. The predicted octanol–water partition coefficient (Wildman–Crippen LogP) is 3.32. The number of hydrogen-bond donors (Lipinski definition) is 0. The van der Waals surface area contributed by atoms with Crippen molar-refractivity contribution in [3.63, 3.8) is 0 Å². The number of ether oxygens (including phenoxy) is 1. The lowest BCUT2D eigenvalue weighted by Crippen LogP contribution is -2.26. The van der Waals surface area contributed by atoms with E-state index in [1.165, 1.54) is 4.70 Å². The van der Waals surface area contributed by atoms with Crippen LogP contribution in [0.1, 0.15) is 30.7 Å². The van der Waals surface area contributed by atoms with E-state index in [0.717, 1.165) is 10.5 Å². The number of para-hydroxylation sites is 1. The molecular weight excluding hydrogens is 382 g/mol. The first kappa shape index (κ1) is 19.7. The highest BCUT2D eigenvalue weighted by molar-refractivity contribution is 7.71. The number of fused-ring (bicyclic) bond motifs is 1. The van der Waals surface area contributed by atoms with Gasteiger partial charge in [0.05, 0.1) is 29.5 Å². The van der Waals surface area contributed by atoms with E-state index in [4.69, 9.17) is 21.9 Å². The molecule has 2 heterocycles. The minimum atomic E-state index is -0.302. The Bertz CT molecular complexity index is 974. The Morgan fingerprint density at radius 3 is 2.85 bits per heavy atom. The molecule has 0 aliphatic carbocycles. The fraction of sp³-hybridized carbons (Fsp3) is 0.444. The van der Waals surface area contributed by atoms with Gasteiger partial charge < -0.3 is 9.30 Å². The van der Waals surface area contributed by atoms with Gasteiger partial charge in [0, 0.05) is 7.05 Å². The minimum absolute atomic E-state index is 0.109. The Morgan fingerprint density at radius 1 is 1.41 bits per heavy atom. The lowest BCUT2D eigenvalue weighted by molar-refractivity contribution is -0.142. The summed E-state index contributed by atoms with van der Waals surface area (Å²) in [4.78, 5) is 18.6. The maximum atomic E-state index is 11.7. The molecule has 0 fully saturated rings. The van der Waals surface area contributed by atoms with Crippen molar-refractivity contribution in [1.29, 1.82) is 0 Å². The second kappa shape index (κ2) is 8.28. The van der Waals surface area contributed by atoms with E-state index in [-0.39, 0.29) is 18.4 Å². The second-order valence-corrected chi connectivity index (χ2v) is 7.76. The molecule has 0 N–H and O–H groups in total. The van der Waals surface area contributed by atoms with Gasteiger partial charge in [0.25, 0.3) is 0 Å². The summed E-state index contributed by atoms with van der Waals surface area (Å²) >= 11 is 7.17. The van der Waals surface area contributed by atoms with Crippen molar-refractivity contribution in [3.8, 4) is 0 Å². The zero-order valence-corrected chi connectivity index (χ0v) is 17.5. The molecule has 27 heavy (non-hydrogen) atoms. The largest absolute Gasteiger partial charge is 0.466 e. The van der Waals surface area contributed by atoms with Gasteiger partial charge in [-0.25, -0.2) is 9.67 Å². The topological polar surface area (TPSA) is 65.2 Å². The van der Waals surface area contributed by atoms with Crippen LogP contribution in [0.2, 0.25) is 0 Å². The first-order valence-corrected chi connectivity index (χ1v) is 9.97. The minimum Gasteiger partial charge on any atom is -0.466 e. The lowest BCUT2D eigenvalue weighted by Gasteiger charge is -2.22. The summed E-state index contributed by atoms with van der Waals surface area (Å²) < 4.78 is 10.2. The third kappa shape index (κ3) is 4.26. The zero-order valence-electron chi connectivity index (χ0n) is 15.9. The van der Waals surface area contributed by atoms with Crippen LogP contribution in [-0.2, 0) is 29.7 Å². The maximum Gasteiger partial charge on any atom is 0.313 e. The number of aromatic nitrogens is 4. The van der Waals surface area contributed by atoms with Crippen LogP contribution in [0.5, 0.6) is 0 Å². The van der Waals surface area contributed by atoms with Gasteiger partial charge in [-0.1, -0.05) is 12.1 Å². The number of carbonyl (C=O) groups excluding carboxylic acids is 1. The molecule has 144 valence electrons. The molecule has 0 amide bonds. The summed E-state index contributed by atoms with van der Waals surface area (Å²) in [7, 11) is 3.83. The number of rotatable bonds is 7. The van der Waals surface area contributed by atoms with Gasteiger partial charge in [-0.3, -0.25) is 9.69 Å². The fourth-order valence-corrected chi connectivity index (χ4v) is 4.00. The second-order valence-electron chi connectivity index (χ2n) is 6.33. The fourth-order valence-electron chi connectivity index (χ4n) is 2.71. The molecule has 1 aromatic carbocycles. The molecule has 0 saturated carbocycles. The van der Waals surface area contributed by atoms with Crippen molar-refractivity contribution in [2.45, 2.75) is 33.0 Å². The number of nitrogens with zero attached hydrogens (tertiary/aromatic N) is 5. The van der Waals surface area contributed by atoms with Crippen LogP contribution in [0.15, 0.2) is 24.3 Å². The smallest absolute Gasteiger partial charge is 0.313 e. The Morgan fingerprint density at radius 2 is 2.15 bits per heavy atom. The molecule has 0 bridgehead atoms. The zero-order chi connectivity index (χ0) is 19.6. The van der Waals surface area contributed by atoms with E-state index in [2.05, 4.69) is 23.0 Å². The van der Waals surface area contributed by atoms with Crippen LogP contribution < -0.4 is 0 Å². The van der Waals surface area contributed by atoms with E-state index in [0.29, 0.717) is 23.9 Å². The molecule has 0 spiro atoms. The summed E-state index contributed by atoms with van der Waals surface area (Å²) in [6, 6.07) is 8.24. The number of benzene rings is 1. The van der Waals surface area contributed by atoms with Crippen LogP contribution >= 0.6 is 23.6 Å². The summed E-state index contributed by atoms with van der Waals surface area (Å²) in [6.45, 7) is 4.76. The molecule has 3 rings (SSSR count). The predicted molar refractivity (Wildman–Crippen MR) is 108 cm³/mol. The summed E-state index contributed by atoms with van der Waals surface area (Å²) in [5.41, 5.74) is 1.02. The molecule has 7 nitrogen and oxygen atoms in total. The van der Waals surface area contributed by atoms with Crippen molar-refractivity contribution in [2.75, 3.05) is 13.7 Å². The van der Waals surface area contributed by atoms with Crippen LogP contribution in [0.4, 0.5) is 0 Å². The van der Waals surface area contributed by atoms with Crippen LogP contribution in [0.3, 0.4) is 0 Å². The molecule has 0 aliphatic rings. The van der Waals surface area contributed by atoms with Crippen molar-refractivity contribution in [3.05, 3.63) is 39.9 Å². The van der Waals surface area contributed by atoms with Gasteiger partial charge in [-0.15, -0.1) is 11.3 Å². The highest BCUT2D eigenvalue weighted by Crippen LogP contribution is 2.28. The van der Waals surface area contributed by atoms with Gasteiger partial charge in [0.1, 0.15) is 17.3 Å². The number of thiazole rings is 1. The number of esters is 1. The summed E-state index contributed by atoms with van der Waals surface area (Å²) in [5.74, 6) is 0.295. The normalized spacial score (nSPS) is 12.6. The van der Waals surface area contributed by atoms with Crippen molar-refractivity contribution in [2.24, 2.45) is 7.05 Å². The van der Waals surface area contributed by atoms with E-state index >= 15 is 0 Å². The molecule has 0 aliphatic heterocycles. The van der Waals surface area contributed by atoms with Gasteiger partial charge in [-0.05, 0) is 45.2 Å². The molecule has 1 atom stereocenters. The Balaban J connectivity index is 1.76. The van der Waals surface area contributed by atoms with Crippen molar-refractivity contribution in [1.82, 2.24) is 24.2 Å². The molecule has 0 saturated heterocycles. The van der Waals surface area contributed by atoms with Gasteiger partial charge >= 0.3 is 5.97 Å². The standard InChI is InChI=1S/C18H23N5O2S2/c1-5-25-16(24)10-15-20-23(18(26)22(15)4)11-21(3)12(2)17-19-13-8-6-7-9-14(13)27-17/h6-9,12H,5,10-11H2,1-4H3/t12-/m1/s1. The van der Waals surface area contributed by atoms with Crippen molar-refractivity contribution < 1.29 is 9.53 Å². The van der Waals surface area contributed by atoms with Gasteiger partial charge in [0.2, 0.25) is 0 Å². The summed E-state index contributed by atoms with van der Waals surface area (Å²) in [5, 5.41) is 5.56. The molecule has 0 radical (unpaired) electrons. The maximum absolute atomic E-state index is 11.7. The highest BCUT2D eigenvalue weighted by atomic mass is 32.1. The molecular formula is C18H23N5O2S2. The number of hydrogen-bond acceptors (Lipinski definition) is 7. The van der Waals surface area contributed by atoms with Gasteiger partial charge in [0.15, 0.2) is 4.77 Å².